The van der Waals surface area contributed by atoms with E-state index in [2.05, 4.69) is 48.5 Å². The highest BCUT2D eigenvalue weighted by Gasteiger charge is 2.17. The summed E-state index contributed by atoms with van der Waals surface area (Å²) in [5.41, 5.74) is 1.12. The van der Waals surface area contributed by atoms with Gasteiger partial charge in [0.2, 0.25) is 5.91 Å². The van der Waals surface area contributed by atoms with Gasteiger partial charge in [-0.15, -0.1) is 0 Å². The summed E-state index contributed by atoms with van der Waals surface area (Å²) in [7, 11) is 3.47. The van der Waals surface area contributed by atoms with Gasteiger partial charge >= 0.3 is 0 Å². The minimum absolute atomic E-state index is 0.0328. The molecule has 1 aliphatic rings. The molecule has 0 radical (unpaired) electrons. The first kappa shape index (κ1) is 23.0. The van der Waals surface area contributed by atoms with Crippen molar-refractivity contribution in [3.63, 3.8) is 0 Å². The average Bonchev–Trinajstić information content (AvgIpc) is 3.22. The fraction of sp³-hybridized carbons (Fsp3) is 0.636. The predicted octanol–water partition coefficient (Wildman–Crippen LogP) is 2.44. The molecule has 0 aromatic heterocycles. The summed E-state index contributed by atoms with van der Waals surface area (Å²) in [4.78, 5) is 18.0. The van der Waals surface area contributed by atoms with Crippen molar-refractivity contribution < 1.29 is 14.3 Å². The predicted molar refractivity (Wildman–Crippen MR) is 116 cm³/mol. The summed E-state index contributed by atoms with van der Waals surface area (Å²) in [6.07, 6.45) is 1.05. The standard InChI is InChI=1S/C22H36N4O3/c1-16(2)14-29-20-8-6-19(7-9-20)17(3)25-22(24-13-21(27)26(4)5)23-12-18-10-11-28-15-18/h6-9,16-18H,10-15H2,1-5H3,(H2,23,24,25). The summed E-state index contributed by atoms with van der Waals surface area (Å²) >= 11 is 0. The van der Waals surface area contributed by atoms with Crippen LogP contribution in [0, 0.1) is 11.8 Å². The third-order valence-corrected chi connectivity index (χ3v) is 4.77. The number of guanidine groups is 1. The Balaban J connectivity index is 1.97. The average molecular weight is 405 g/mol. The molecule has 2 N–H and O–H groups in total. The van der Waals surface area contributed by atoms with Crippen molar-refractivity contribution in [1.29, 1.82) is 0 Å². The number of amides is 1. The highest BCUT2D eigenvalue weighted by Crippen LogP contribution is 2.18. The third kappa shape index (κ3) is 8.31. The van der Waals surface area contributed by atoms with Crippen LogP contribution in [0.25, 0.3) is 0 Å². The van der Waals surface area contributed by atoms with Crippen LogP contribution in [0.3, 0.4) is 0 Å². The van der Waals surface area contributed by atoms with Gasteiger partial charge in [-0.3, -0.25) is 4.79 Å². The Bertz CT molecular complexity index is 653. The molecule has 0 saturated carbocycles. The first-order valence-corrected chi connectivity index (χ1v) is 10.4. The summed E-state index contributed by atoms with van der Waals surface area (Å²) in [6.45, 7) is 9.51. The maximum Gasteiger partial charge on any atom is 0.243 e. The summed E-state index contributed by atoms with van der Waals surface area (Å²) in [5, 5.41) is 6.77. The first-order chi connectivity index (χ1) is 13.8. The van der Waals surface area contributed by atoms with E-state index in [0.29, 0.717) is 24.4 Å². The molecular weight excluding hydrogens is 368 g/mol. The normalized spacial score (nSPS) is 17.9. The van der Waals surface area contributed by atoms with Crippen molar-refractivity contribution in [3.05, 3.63) is 29.8 Å². The number of hydrogen-bond donors (Lipinski definition) is 2. The SMILES string of the molecule is CC(C)COc1ccc(C(C)NC(=NCC(=O)N(C)C)NCC2CCOC2)cc1. The van der Waals surface area contributed by atoms with Crippen LogP contribution in [0.1, 0.15) is 38.8 Å². The molecule has 7 heteroatoms. The fourth-order valence-corrected chi connectivity index (χ4v) is 2.83. The van der Waals surface area contributed by atoms with Crippen LogP contribution in [0.15, 0.2) is 29.3 Å². The maximum absolute atomic E-state index is 11.9. The van der Waals surface area contributed by atoms with Crippen molar-refractivity contribution in [3.8, 4) is 5.75 Å². The van der Waals surface area contributed by atoms with Gasteiger partial charge in [0.25, 0.3) is 0 Å². The van der Waals surface area contributed by atoms with Crippen LogP contribution in [-0.4, -0.2) is 63.8 Å². The van der Waals surface area contributed by atoms with Crippen molar-refractivity contribution in [2.75, 3.05) is 47.0 Å². The zero-order valence-corrected chi connectivity index (χ0v) is 18.4. The van der Waals surface area contributed by atoms with Crippen LogP contribution >= 0.6 is 0 Å². The van der Waals surface area contributed by atoms with Gasteiger partial charge in [0, 0.05) is 33.2 Å². The molecule has 0 aliphatic carbocycles. The van der Waals surface area contributed by atoms with E-state index in [1.54, 1.807) is 19.0 Å². The first-order valence-electron chi connectivity index (χ1n) is 10.4. The van der Waals surface area contributed by atoms with E-state index >= 15 is 0 Å². The molecule has 1 saturated heterocycles. The van der Waals surface area contributed by atoms with E-state index in [1.165, 1.54) is 0 Å². The lowest BCUT2D eigenvalue weighted by Gasteiger charge is -2.20. The van der Waals surface area contributed by atoms with Crippen LogP contribution in [0.5, 0.6) is 5.75 Å². The van der Waals surface area contributed by atoms with Crippen molar-refractivity contribution in [2.24, 2.45) is 16.8 Å². The van der Waals surface area contributed by atoms with Crippen molar-refractivity contribution in [2.45, 2.75) is 33.2 Å². The van der Waals surface area contributed by atoms with E-state index in [0.717, 1.165) is 37.5 Å². The molecular formula is C22H36N4O3. The monoisotopic (exact) mass is 404 g/mol. The molecule has 0 spiro atoms. The molecule has 2 rings (SSSR count). The van der Waals surface area contributed by atoms with Crippen LogP contribution in [0.4, 0.5) is 0 Å². The number of ether oxygens (including phenoxy) is 2. The van der Waals surface area contributed by atoms with E-state index in [9.17, 15) is 4.79 Å². The van der Waals surface area contributed by atoms with Crippen molar-refractivity contribution >= 4 is 11.9 Å². The molecule has 162 valence electrons. The van der Waals surface area contributed by atoms with Crippen LogP contribution in [-0.2, 0) is 9.53 Å². The molecule has 1 aromatic rings. The van der Waals surface area contributed by atoms with Gasteiger partial charge in [-0.2, -0.15) is 0 Å². The minimum atomic E-state index is -0.0328. The van der Waals surface area contributed by atoms with Crippen LogP contribution in [0.2, 0.25) is 0 Å². The van der Waals surface area contributed by atoms with Gasteiger partial charge in [0.1, 0.15) is 12.3 Å². The van der Waals surface area contributed by atoms with Crippen molar-refractivity contribution in [1.82, 2.24) is 15.5 Å². The van der Waals surface area contributed by atoms with E-state index in [1.807, 2.05) is 12.1 Å². The zero-order valence-electron chi connectivity index (χ0n) is 18.4. The highest BCUT2D eigenvalue weighted by atomic mass is 16.5. The van der Waals surface area contributed by atoms with E-state index in [4.69, 9.17) is 9.47 Å². The molecule has 1 aliphatic heterocycles. The molecule has 1 fully saturated rings. The Hall–Kier alpha value is -2.28. The van der Waals surface area contributed by atoms with E-state index in [-0.39, 0.29) is 18.5 Å². The molecule has 1 heterocycles. The number of aliphatic imine (C=N–C) groups is 1. The van der Waals surface area contributed by atoms with Gasteiger partial charge in [-0.25, -0.2) is 4.99 Å². The number of hydrogen-bond acceptors (Lipinski definition) is 4. The number of nitrogens with one attached hydrogen (secondary N) is 2. The molecule has 2 atom stereocenters. The Kier molecular flexibility index (Phi) is 9.25. The summed E-state index contributed by atoms with van der Waals surface area (Å²) in [6, 6.07) is 8.13. The molecule has 2 unspecified atom stereocenters. The van der Waals surface area contributed by atoms with Gasteiger partial charge in [-0.05, 0) is 37.0 Å². The Morgan fingerprint density at radius 2 is 2.00 bits per heavy atom. The van der Waals surface area contributed by atoms with Gasteiger partial charge in [0.15, 0.2) is 5.96 Å². The number of rotatable bonds is 9. The largest absolute Gasteiger partial charge is 0.493 e. The summed E-state index contributed by atoms with van der Waals surface area (Å²) in [5.74, 6) is 2.45. The second-order valence-electron chi connectivity index (χ2n) is 8.20. The van der Waals surface area contributed by atoms with Gasteiger partial charge < -0.3 is 25.0 Å². The Morgan fingerprint density at radius 1 is 1.28 bits per heavy atom. The van der Waals surface area contributed by atoms with Gasteiger partial charge in [0.05, 0.1) is 19.3 Å². The number of nitrogens with zero attached hydrogens (tertiary/aromatic N) is 2. The van der Waals surface area contributed by atoms with E-state index < -0.39 is 0 Å². The highest BCUT2D eigenvalue weighted by molar-refractivity contribution is 5.85. The lowest BCUT2D eigenvalue weighted by atomic mass is 10.1. The number of carbonyl (C=O) groups excluding carboxylic acids is 1. The number of likely N-dealkylation sites (N-methyl/N-ethyl adjacent to an activating group) is 1. The number of carbonyl (C=O) groups is 1. The molecule has 0 bridgehead atoms. The molecule has 7 nitrogen and oxygen atoms in total. The third-order valence-electron chi connectivity index (χ3n) is 4.77. The smallest absolute Gasteiger partial charge is 0.243 e. The second-order valence-corrected chi connectivity index (χ2v) is 8.20. The molecule has 1 aromatic carbocycles. The van der Waals surface area contributed by atoms with Gasteiger partial charge in [-0.1, -0.05) is 26.0 Å². The maximum atomic E-state index is 11.9. The molecule has 29 heavy (non-hydrogen) atoms. The lowest BCUT2D eigenvalue weighted by Crippen LogP contribution is -2.42. The lowest BCUT2D eigenvalue weighted by molar-refractivity contribution is -0.127. The summed E-state index contributed by atoms with van der Waals surface area (Å²) < 4.78 is 11.2. The Morgan fingerprint density at radius 3 is 2.59 bits per heavy atom. The quantitative estimate of drug-likeness (QED) is 0.488. The minimum Gasteiger partial charge on any atom is -0.493 e. The molecule has 1 amide bonds. The second kappa shape index (κ2) is 11.7. The van der Waals surface area contributed by atoms with Crippen LogP contribution < -0.4 is 15.4 Å². The zero-order chi connectivity index (χ0) is 21.2. The number of benzene rings is 1. The Labute approximate surface area is 174 Å². The fourth-order valence-electron chi connectivity index (χ4n) is 2.83. The topological polar surface area (TPSA) is 75.2 Å².